The van der Waals surface area contributed by atoms with Gasteiger partial charge in [-0.25, -0.2) is 0 Å². The third-order valence-electron chi connectivity index (χ3n) is 5.15. The number of likely N-dealkylation sites (N-methyl/N-ethyl adjacent to an activating group) is 2. The van der Waals surface area contributed by atoms with Crippen LogP contribution in [0.1, 0.15) is 22.3 Å². The van der Waals surface area contributed by atoms with Gasteiger partial charge in [-0.2, -0.15) is 0 Å². The van der Waals surface area contributed by atoms with Crippen LogP contribution in [0, 0.1) is 27.7 Å². The van der Waals surface area contributed by atoms with Gasteiger partial charge in [0.1, 0.15) is 0 Å². The van der Waals surface area contributed by atoms with Gasteiger partial charge in [-0.3, -0.25) is 0 Å². The topological polar surface area (TPSA) is 28.0 Å². The number of piperazine rings is 1. The van der Waals surface area contributed by atoms with Gasteiger partial charge < -0.3 is 0 Å². The average molecular weight is 407 g/mol. The van der Waals surface area contributed by atoms with Crippen molar-refractivity contribution in [3.05, 3.63) is 58.7 Å². The Bertz CT molecular complexity index is 887. The van der Waals surface area contributed by atoms with Crippen LogP contribution < -0.4 is 0 Å². The third kappa shape index (κ3) is 4.00. The summed E-state index contributed by atoms with van der Waals surface area (Å²) in [6.45, 7) is 10.1. The van der Waals surface area contributed by atoms with Crippen molar-refractivity contribution >= 4 is 23.0 Å². The molecule has 0 bridgehead atoms. The van der Waals surface area contributed by atoms with E-state index in [1.54, 1.807) is 0 Å². The zero-order valence-electron chi connectivity index (χ0n) is 17.0. The zero-order valence-corrected chi connectivity index (χ0v) is 18.0. The van der Waals surface area contributed by atoms with Crippen LogP contribution in [0.3, 0.4) is 0 Å². The van der Waals surface area contributed by atoms with Gasteiger partial charge >= 0.3 is 171 Å². The number of amidine groups is 2. The molecule has 2 aromatic rings. The number of aliphatic imine (C=N–C) groups is 2. The fourth-order valence-electron chi connectivity index (χ4n) is 3.38. The predicted molar refractivity (Wildman–Crippen MR) is 110 cm³/mol. The Hall–Kier alpha value is -1.97. The second-order valence-electron chi connectivity index (χ2n) is 7.51. The van der Waals surface area contributed by atoms with Crippen molar-refractivity contribution in [1.82, 2.24) is 4.90 Å². The molecule has 0 spiro atoms. The number of para-hydroxylation sites is 2. The van der Waals surface area contributed by atoms with Gasteiger partial charge in [-0.15, -0.1) is 0 Å². The first-order chi connectivity index (χ1) is 12.7. The summed E-state index contributed by atoms with van der Waals surface area (Å²) in [5, 5.41) is 0. The van der Waals surface area contributed by atoms with E-state index in [-0.39, 0.29) is 0 Å². The molecule has 2 aromatic carbocycles. The Morgan fingerprint density at radius 2 is 1.30 bits per heavy atom. The van der Waals surface area contributed by atoms with Crippen molar-refractivity contribution < 1.29 is 19.2 Å². The summed E-state index contributed by atoms with van der Waals surface area (Å²) >= 11 is 5.54. The number of rotatable bonds is 2. The summed E-state index contributed by atoms with van der Waals surface area (Å²) in [6, 6.07) is 12.5. The molecule has 0 amide bonds. The Kier molecular flexibility index (Phi) is 5.55. The van der Waals surface area contributed by atoms with E-state index in [0.29, 0.717) is 3.56 Å². The number of hydrogen-bond acceptors (Lipinski definition) is 2. The molecular formula is C22H28N4Ni+3. The van der Waals surface area contributed by atoms with Crippen LogP contribution in [-0.4, -0.2) is 47.3 Å². The Labute approximate surface area is 170 Å². The standard InChI is InChI=1S/C22H28N4.Ni/c1-15-9-7-10-16(2)19(15)23-21-22(26(6)14-13-25(21)5)24-20-17(3)11-8-12-18(20)4;/h7-12H,13-14H2,1-6H3;/q;+3. The molecule has 1 aliphatic heterocycles. The van der Waals surface area contributed by atoms with Crippen LogP contribution in [0.2, 0.25) is 0 Å². The molecule has 0 N–H and O–H groups in total. The van der Waals surface area contributed by atoms with Crippen LogP contribution in [0.4, 0.5) is 11.4 Å². The fourth-order valence-corrected chi connectivity index (χ4v) is 3.63. The van der Waals surface area contributed by atoms with E-state index >= 15 is 0 Å². The quantitative estimate of drug-likeness (QED) is 0.673. The number of quaternary nitrogens is 1. The van der Waals surface area contributed by atoms with Gasteiger partial charge in [0.2, 0.25) is 0 Å². The average Bonchev–Trinajstić information content (AvgIpc) is 2.59. The number of benzene rings is 2. The molecule has 143 valence electrons. The summed E-state index contributed by atoms with van der Waals surface area (Å²) in [7, 11) is 4.13. The molecule has 0 radical (unpaired) electrons. The number of nitrogens with zero attached hydrogens (tertiary/aromatic N) is 4. The monoisotopic (exact) mass is 406 g/mol. The molecule has 1 unspecified atom stereocenters. The summed E-state index contributed by atoms with van der Waals surface area (Å²) in [4.78, 5) is 12.3. The molecule has 0 aliphatic carbocycles. The molecule has 0 aromatic heterocycles. The van der Waals surface area contributed by atoms with Crippen molar-refractivity contribution in [2.24, 2.45) is 9.98 Å². The minimum atomic E-state index is 0.349. The van der Waals surface area contributed by atoms with Gasteiger partial charge in [0.25, 0.3) is 0 Å². The molecule has 3 rings (SSSR count). The Morgan fingerprint density at radius 1 is 0.852 bits per heavy atom. The summed E-state index contributed by atoms with van der Waals surface area (Å²) in [5.74, 6) is 1.72. The van der Waals surface area contributed by atoms with Crippen LogP contribution in [0.5, 0.6) is 0 Å². The molecule has 5 heteroatoms. The van der Waals surface area contributed by atoms with E-state index in [9.17, 15) is 0 Å². The molecule has 1 heterocycles. The molecule has 1 atom stereocenters. The van der Waals surface area contributed by atoms with Crippen molar-refractivity contribution in [3.63, 3.8) is 0 Å². The van der Waals surface area contributed by atoms with Crippen LogP contribution in [0.15, 0.2) is 46.4 Å². The second kappa shape index (κ2) is 7.57. The van der Waals surface area contributed by atoms with Crippen molar-refractivity contribution in [2.75, 3.05) is 27.2 Å². The van der Waals surface area contributed by atoms with Crippen molar-refractivity contribution in [3.8, 4) is 0 Å². The van der Waals surface area contributed by atoms with E-state index in [2.05, 4.69) is 83.1 Å². The molecular weight excluding hydrogens is 379 g/mol. The van der Waals surface area contributed by atoms with Crippen molar-refractivity contribution in [2.45, 2.75) is 27.7 Å². The number of aryl methyl sites for hydroxylation is 4. The Balaban J connectivity index is 2.23. The van der Waals surface area contributed by atoms with Crippen LogP contribution in [0.25, 0.3) is 0 Å². The van der Waals surface area contributed by atoms with E-state index in [0.717, 1.165) is 58.4 Å². The maximum absolute atomic E-state index is 5.54. The summed E-state index contributed by atoms with van der Waals surface area (Å²) in [6.07, 6.45) is 0. The molecule has 4 nitrogen and oxygen atoms in total. The molecule has 27 heavy (non-hydrogen) atoms. The summed E-state index contributed by atoms with van der Waals surface area (Å²) in [5.41, 5.74) is 6.64. The van der Waals surface area contributed by atoms with E-state index in [1.807, 2.05) is 0 Å². The maximum atomic E-state index is 5.54. The Morgan fingerprint density at radius 3 is 1.78 bits per heavy atom. The van der Waals surface area contributed by atoms with Gasteiger partial charge in [-0.05, 0) is 0 Å². The SMILES string of the molecule is Cc1cccc(C)c1N=C1C(=Nc2c(C)cccc2C)[N+](C)([Ni+2])CCN1C. The minimum absolute atomic E-state index is 0.349. The van der Waals surface area contributed by atoms with E-state index in [1.165, 1.54) is 0 Å². The van der Waals surface area contributed by atoms with Gasteiger partial charge in [0, 0.05) is 0 Å². The van der Waals surface area contributed by atoms with E-state index < -0.39 is 0 Å². The first-order valence-electron chi connectivity index (χ1n) is 9.25. The summed E-state index contributed by atoms with van der Waals surface area (Å²) < 4.78 is 0.349. The zero-order chi connectivity index (χ0) is 19.8. The van der Waals surface area contributed by atoms with Crippen LogP contribution >= 0.6 is 0 Å². The van der Waals surface area contributed by atoms with Gasteiger partial charge in [-0.1, -0.05) is 0 Å². The van der Waals surface area contributed by atoms with Crippen molar-refractivity contribution in [1.29, 1.82) is 0 Å². The molecule has 1 fully saturated rings. The molecule has 0 saturated carbocycles. The first-order valence-corrected chi connectivity index (χ1v) is 9.69. The van der Waals surface area contributed by atoms with Crippen LogP contribution in [-0.2, 0) is 15.7 Å². The fraction of sp³-hybridized carbons (Fsp3) is 0.364. The number of hydrogen-bond donors (Lipinski definition) is 0. The molecule has 1 saturated heterocycles. The van der Waals surface area contributed by atoms with E-state index in [4.69, 9.17) is 25.7 Å². The van der Waals surface area contributed by atoms with Gasteiger partial charge in [0.15, 0.2) is 0 Å². The van der Waals surface area contributed by atoms with Gasteiger partial charge in [0.05, 0.1) is 0 Å². The normalized spacial score (nSPS) is 23.3. The molecule has 1 aliphatic rings. The predicted octanol–water partition coefficient (Wildman–Crippen LogP) is 4.53. The third-order valence-corrected chi connectivity index (χ3v) is 5.58. The second-order valence-corrected chi connectivity index (χ2v) is 8.48. The first kappa shape index (κ1) is 19.8.